The van der Waals surface area contributed by atoms with Gasteiger partial charge in [-0.1, -0.05) is 6.07 Å². The Morgan fingerprint density at radius 1 is 1.05 bits per heavy atom. The second-order valence-electron chi connectivity index (χ2n) is 8.53. The van der Waals surface area contributed by atoms with Crippen LogP contribution in [-0.2, 0) is 13.0 Å². The van der Waals surface area contributed by atoms with Gasteiger partial charge in [0.05, 0.1) is 38.9 Å². The van der Waals surface area contributed by atoms with Crippen molar-refractivity contribution in [1.82, 2.24) is 5.32 Å². The Bertz CT molecular complexity index is 1410. The van der Waals surface area contributed by atoms with Gasteiger partial charge >= 0.3 is 0 Å². The van der Waals surface area contributed by atoms with Crippen molar-refractivity contribution < 1.29 is 29.2 Å². The van der Waals surface area contributed by atoms with Gasteiger partial charge in [-0.25, -0.2) is 0 Å². The van der Waals surface area contributed by atoms with E-state index in [2.05, 4.69) is 5.32 Å². The van der Waals surface area contributed by atoms with Gasteiger partial charge in [0.2, 0.25) is 5.75 Å². The maximum atomic E-state index is 13.3. The molecule has 3 aromatic rings. The van der Waals surface area contributed by atoms with E-state index >= 15 is 0 Å². The number of ether oxygens (including phenoxy) is 3. The molecule has 1 aliphatic carbocycles. The van der Waals surface area contributed by atoms with Crippen molar-refractivity contribution in [2.45, 2.75) is 30.4 Å². The zero-order valence-electron chi connectivity index (χ0n) is 21.1. The van der Waals surface area contributed by atoms with E-state index < -0.39 is 12.6 Å². The Morgan fingerprint density at radius 2 is 1.81 bits per heavy atom. The summed E-state index contributed by atoms with van der Waals surface area (Å²) in [5.74, 6) is 0.981. The Hall–Kier alpha value is -3.69. The number of rotatable bonds is 7. The van der Waals surface area contributed by atoms with Gasteiger partial charge in [0, 0.05) is 16.7 Å². The number of benzene rings is 2. The molecule has 0 radical (unpaired) electrons. The first-order valence-corrected chi connectivity index (χ1v) is 12.9. The summed E-state index contributed by atoms with van der Waals surface area (Å²) in [6, 6.07) is 11.0. The van der Waals surface area contributed by atoms with Crippen LogP contribution in [0.1, 0.15) is 39.5 Å². The molecule has 0 aromatic heterocycles. The molecule has 0 unspecified atom stereocenters. The van der Waals surface area contributed by atoms with E-state index in [1.807, 2.05) is 18.4 Å². The van der Waals surface area contributed by atoms with Gasteiger partial charge < -0.3 is 29.7 Å². The summed E-state index contributed by atoms with van der Waals surface area (Å²) >= 11 is 1.35. The number of aliphatic hydroxyl groups excluding tert-OH is 1. The normalized spacial score (nSPS) is 14.1. The van der Waals surface area contributed by atoms with Gasteiger partial charge in [-0.15, -0.1) is 11.8 Å². The first-order chi connectivity index (χ1) is 17.9. The number of carbonyl (C=O) groups is 1. The summed E-state index contributed by atoms with van der Waals surface area (Å²) in [5, 5.41) is 22.4. The molecule has 4 rings (SSSR count). The standard InChI is InChI=1S/C28H29NO7S/c1-34-23-12-15-5-8-20(29-28(33)16-6-9-21(31)17(11-16)14-30)19-13-22(32)24(37-4)10-7-18(19)25(15)27(36-3)26(23)35-2/h6-7,9-13,20,30-31H,5,8,14H2,1-4H3,(H,29,33)/t20-/m0/s1. The van der Waals surface area contributed by atoms with Crippen molar-refractivity contribution in [2.75, 3.05) is 27.6 Å². The second-order valence-corrected chi connectivity index (χ2v) is 9.37. The average molecular weight is 524 g/mol. The largest absolute Gasteiger partial charge is 0.508 e. The SMILES string of the molecule is COc1cc2c(c(OC)c1OC)-c1ccc(SC)c(=O)cc1[C@@H](NC(=O)c1ccc(O)c(CO)c1)CC2. The van der Waals surface area contributed by atoms with Crippen LogP contribution in [0.4, 0.5) is 0 Å². The fraction of sp³-hybridized carbons (Fsp3) is 0.286. The van der Waals surface area contributed by atoms with E-state index in [4.69, 9.17) is 14.2 Å². The Balaban J connectivity index is 1.91. The van der Waals surface area contributed by atoms with Crippen LogP contribution < -0.4 is 25.0 Å². The third-order valence-electron chi connectivity index (χ3n) is 6.54. The van der Waals surface area contributed by atoms with E-state index in [0.717, 1.165) is 16.7 Å². The van der Waals surface area contributed by atoms with Gasteiger partial charge in [-0.3, -0.25) is 9.59 Å². The van der Waals surface area contributed by atoms with Gasteiger partial charge in [0.1, 0.15) is 5.75 Å². The zero-order valence-corrected chi connectivity index (χ0v) is 21.9. The summed E-state index contributed by atoms with van der Waals surface area (Å²) in [6.45, 7) is -0.398. The molecule has 0 heterocycles. The highest BCUT2D eigenvalue weighted by Crippen LogP contribution is 2.50. The van der Waals surface area contributed by atoms with Crippen LogP contribution in [0.5, 0.6) is 23.0 Å². The lowest BCUT2D eigenvalue weighted by atomic mass is 9.95. The number of phenols is 1. The average Bonchev–Trinajstić information content (AvgIpc) is 3.15. The number of nitrogens with one attached hydrogen (secondary N) is 1. The molecule has 1 amide bonds. The summed E-state index contributed by atoms with van der Waals surface area (Å²) in [6.07, 6.45) is 2.91. The first-order valence-electron chi connectivity index (χ1n) is 11.6. The monoisotopic (exact) mass is 523 g/mol. The smallest absolute Gasteiger partial charge is 0.251 e. The van der Waals surface area contributed by atoms with Gasteiger partial charge in [-0.2, -0.15) is 0 Å². The van der Waals surface area contributed by atoms with E-state index in [1.165, 1.54) is 37.1 Å². The van der Waals surface area contributed by atoms with E-state index in [-0.39, 0.29) is 22.6 Å². The molecule has 3 N–H and O–H groups in total. The fourth-order valence-corrected chi connectivity index (χ4v) is 5.18. The highest BCUT2D eigenvalue weighted by atomic mass is 32.2. The fourth-order valence-electron chi connectivity index (χ4n) is 4.71. The number of aliphatic hydroxyl groups is 1. The number of thioether (sulfide) groups is 1. The molecule has 0 spiro atoms. The minimum Gasteiger partial charge on any atom is -0.508 e. The zero-order chi connectivity index (χ0) is 26.7. The summed E-state index contributed by atoms with van der Waals surface area (Å²) in [7, 11) is 4.66. The Kier molecular flexibility index (Phi) is 7.94. The number of methoxy groups -OCH3 is 3. The highest BCUT2D eigenvalue weighted by Gasteiger charge is 2.30. The predicted molar refractivity (Wildman–Crippen MR) is 142 cm³/mol. The second kappa shape index (κ2) is 11.1. The summed E-state index contributed by atoms with van der Waals surface area (Å²) < 4.78 is 17.0. The molecule has 1 aliphatic rings. The number of hydrogen-bond acceptors (Lipinski definition) is 8. The number of amides is 1. The van der Waals surface area contributed by atoms with Crippen LogP contribution >= 0.6 is 11.8 Å². The van der Waals surface area contributed by atoms with Crippen LogP contribution in [0.3, 0.4) is 0 Å². The van der Waals surface area contributed by atoms with Gasteiger partial charge in [-0.05, 0) is 72.2 Å². The molecule has 9 heteroatoms. The molecule has 1 atom stereocenters. The van der Waals surface area contributed by atoms with Crippen LogP contribution in [0.25, 0.3) is 11.1 Å². The van der Waals surface area contributed by atoms with E-state index in [9.17, 15) is 19.8 Å². The number of aromatic hydroxyl groups is 1. The highest BCUT2D eigenvalue weighted by molar-refractivity contribution is 7.98. The Morgan fingerprint density at radius 3 is 2.46 bits per heavy atom. The molecule has 0 saturated carbocycles. The molecule has 0 bridgehead atoms. The summed E-state index contributed by atoms with van der Waals surface area (Å²) in [5.41, 5.74) is 3.51. The van der Waals surface area contributed by atoms with Crippen LogP contribution in [0, 0.1) is 0 Å². The molecule has 3 aromatic carbocycles. The Labute approximate surface area is 219 Å². The van der Waals surface area contributed by atoms with Crippen molar-refractivity contribution in [2.24, 2.45) is 0 Å². The number of hydrogen-bond donors (Lipinski definition) is 3. The van der Waals surface area contributed by atoms with Crippen molar-refractivity contribution in [3.8, 4) is 34.1 Å². The van der Waals surface area contributed by atoms with E-state index in [1.54, 1.807) is 26.4 Å². The molecule has 0 aliphatic heterocycles. The van der Waals surface area contributed by atoms with Crippen LogP contribution in [0.15, 0.2) is 52.2 Å². The molecule has 0 saturated heterocycles. The minimum atomic E-state index is -0.502. The molecule has 194 valence electrons. The predicted octanol–water partition coefficient (Wildman–Crippen LogP) is 4.08. The molecule has 37 heavy (non-hydrogen) atoms. The number of carbonyl (C=O) groups excluding carboxylic acids is 1. The maximum Gasteiger partial charge on any atom is 0.251 e. The summed E-state index contributed by atoms with van der Waals surface area (Å²) in [4.78, 5) is 26.9. The lowest BCUT2D eigenvalue weighted by molar-refractivity contribution is 0.0934. The lowest BCUT2D eigenvalue weighted by Gasteiger charge is -2.20. The molecule has 8 nitrogen and oxygen atoms in total. The van der Waals surface area contributed by atoms with Crippen LogP contribution in [-0.4, -0.2) is 43.7 Å². The lowest BCUT2D eigenvalue weighted by Crippen LogP contribution is -2.29. The molecule has 0 fully saturated rings. The van der Waals surface area contributed by atoms with Crippen molar-refractivity contribution in [3.05, 3.63) is 74.9 Å². The topological polar surface area (TPSA) is 114 Å². The molecular weight excluding hydrogens is 494 g/mol. The quantitative estimate of drug-likeness (QED) is 0.397. The number of fused-ring (bicyclic) bond motifs is 3. The third kappa shape index (κ3) is 4.97. The first kappa shape index (κ1) is 26.4. The molecular formula is C28H29NO7S. The van der Waals surface area contributed by atoms with Gasteiger partial charge in [0.15, 0.2) is 16.9 Å². The van der Waals surface area contributed by atoms with Crippen molar-refractivity contribution in [3.63, 3.8) is 0 Å². The minimum absolute atomic E-state index is 0.0862. The maximum absolute atomic E-state index is 13.3. The van der Waals surface area contributed by atoms with Crippen molar-refractivity contribution in [1.29, 1.82) is 0 Å². The van der Waals surface area contributed by atoms with Crippen LogP contribution in [0.2, 0.25) is 0 Å². The van der Waals surface area contributed by atoms with E-state index in [0.29, 0.717) is 46.1 Å². The number of aryl methyl sites for hydroxylation is 1. The van der Waals surface area contributed by atoms with Crippen molar-refractivity contribution >= 4 is 17.7 Å². The third-order valence-corrected chi connectivity index (χ3v) is 7.31. The van der Waals surface area contributed by atoms with Gasteiger partial charge in [0.25, 0.3) is 5.91 Å².